The summed E-state index contributed by atoms with van der Waals surface area (Å²) in [5, 5.41) is 11.7. The number of hydrogen-bond donors (Lipinski definition) is 2. The number of amides is 2. The molecule has 0 saturated heterocycles. The second-order valence-corrected chi connectivity index (χ2v) is 5.13. The number of hydrogen-bond acceptors (Lipinski definition) is 3. The molecule has 110 valence electrons. The van der Waals surface area contributed by atoms with Gasteiger partial charge in [-0.05, 0) is 20.0 Å². The lowest BCUT2D eigenvalue weighted by Gasteiger charge is -2.28. The van der Waals surface area contributed by atoms with Gasteiger partial charge in [0.15, 0.2) is 0 Å². The third kappa shape index (κ3) is 7.46. The Morgan fingerprint density at radius 3 is 2.32 bits per heavy atom. The van der Waals surface area contributed by atoms with E-state index in [0.29, 0.717) is 6.54 Å². The summed E-state index contributed by atoms with van der Waals surface area (Å²) in [5.41, 5.74) is 0. The SMILES string of the molecule is C=CCN(CC(=O)O)C(=O)NC(CN(C)C)C(C)C. The molecule has 0 saturated carbocycles. The van der Waals surface area contributed by atoms with E-state index >= 15 is 0 Å². The summed E-state index contributed by atoms with van der Waals surface area (Å²) in [6, 6.07) is -0.397. The van der Waals surface area contributed by atoms with Crippen LogP contribution in [0.2, 0.25) is 0 Å². The van der Waals surface area contributed by atoms with E-state index in [-0.39, 0.29) is 31.1 Å². The van der Waals surface area contributed by atoms with E-state index in [9.17, 15) is 9.59 Å². The number of carbonyl (C=O) groups is 2. The van der Waals surface area contributed by atoms with Crippen LogP contribution in [0.25, 0.3) is 0 Å². The minimum Gasteiger partial charge on any atom is -0.480 e. The molecule has 6 nitrogen and oxygen atoms in total. The van der Waals surface area contributed by atoms with E-state index in [1.807, 2.05) is 32.8 Å². The number of urea groups is 1. The first-order valence-electron chi connectivity index (χ1n) is 6.30. The molecule has 2 amide bonds. The molecular weight excluding hydrogens is 246 g/mol. The maximum absolute atomic E-state index is 12.1. The monoisotopic (exact) mass is 271 g/mol. The first-order valence-corrected chi connectivity index (χ1v) is 6.30. The summed E-state index contributed by atoms with van der Waals surface area (Å²) in [6.45, 7) is 8.16. The van der Waals surface area contributed by atoms with Gasteiger partial charge < -0.3 is 20.2 Å². The zero-order valence-corrected chi connectivity index (χ0v) is 12.2. The molecule has 0 rings (SSSR count). The molecule has 0 spiro atoms. The largest absolute Gasteiger partial charge is 0.480 e. The molecule has 0 fully saturated rings. The Hall–Kier alpha value is -1.56. The normalized spacial score (nSPS) is 12.3. The van der Waals surface area contributed by atoms with Gasteiger partial charge in [-0.2, -0.15) is 0 Å². The maximum atomic E-state index is 12.1. The molecule has 1 unspecified atom stereocenters. The Bertz CT molecular complexity index is 316. The number of carboxylic acids is 1. The van der Waals surface area contributed by atoms with Gasteiger partial charge in [-0.15, -0.1) is 6.58 Å². The average molecular weight is 271 g/mol. The number of likely N-dealkylation sites (N-methyl/N-ethyl adjacent to an activating group) is 1. The van der Waals surface area contributed by atoms with Crippen molar-refractivity contribution in [3.63, 3.8) is 0 Å². The summed E-state index contributed by atoms with van der Waals surface area (Å²) in [4.78, 5) is 26.0. The van der Waals surface area contributed by atoms with E-state index in [1.165, 1.54) is 11.0 Å². The highest BCUT2D eigenvalue weighted by atomic mass is 16.4. The molecule has 6 heteroatoms. The van der Waals surface area contributed by atoms with Gasteiger partial charge in [0.25, 0.3) is 0 Å². The van der Waals surface area contributed by atoms with Gasteiger partial charge in [-0.3, -0.25) is 4.79 Å². The Labute approximate surface area is 115 Å². The van der Waals surface area contributed by atoms with Crippen LogP contribution in [0.15, 0.2) is 12.7 Å². The van der Waals surface area contributed by atoms with Crippen LogP contribution in [-0.4, -0.2) is 66.7 Å². The Morgan fingerprint density at radius 1 is 1.37 bits per heavy atom. The summed E-state index contributed by atoms with van der Waals surface area (Å²) >= 11 is 0. The first kappa shape index (κ1) is 17.4. The van der Waals surface area contributed by atoms with Crippen LogP contribution in [0.4, 0.5) is 4.79 Å². The lowest BCUT2D eigenvalue weighted by Crippen LogP contribution is -2.51. The third-order valence-electron chi connectivity index (χ3n) is 2.64. The fourth-order valence-electron chi connectivity index (χ4n) is 1.60. The molecular formula is C13H25N3O3. The van der Waals surface area contributed by atoms with Gasteiger partial charge in [-0.1, -0.05) is 19.9 Å². The summed E-state index contributed by atoms with van der Waals surface area (Å²) in [7, 11) is 3.86. The standard InChI is InChI=1S/C13H25N3O3/c1-6-7-16(9-12(17)18)13(19)14-11(10(2)3)8-15(4)5/h6,10-11H,1,7-9H2,2-5H3,(H,14,19)(H,17,18). The minimum absolute atomic E-state index is 0.0244. The fourth-order valence-corrected chi connectivity index (χ4v) is 1.60. The zero-order chi connectivity index (χ0) is 15.0. The van der Waals surface area contributed by atoms with Crippen LogP contribution < -0.4 is 5.32 Å². The molecule has 0 aliphatic heterocycles. The predicted octanol–water partition coefficient (Wildman–Crippen LogP) is 0.855. The molecule has 0 aromatic rings. The van der Waals surface area contributed by atoms with Crippen molar-refractivity contribution in [2.24, 2.45) is 5.92 Å². The number of carbonyl (C=O) groups excluding carboxylic acids is 1. The van der Waals surface area contributed by atoms with Crippen LogP contribution >= 0.6 is 0 Å². The quantitative estimate of drug-likeness (QED) is 0.642. The lowest BCUT2D eigenvalue weighted by atomic mass is 10.0. The fraction of sp³-hybridized carbons (Fsp3) is 0.692. The summed E-state index contributed by atoms with van der Waals surface area (Å²) in [6.07, 6.45) is 1.51. The molecule has 0 aliphatic rings. The molecule has 1 atom stereocenters. The van der Waals surface area contributed by atoms with Crippen molar-refractivity contribution in [3.05, 3.63) is 12.7 Å². The van der Waals surface area contributed by atoms with Gasteiger partial charge in [0.1, 0.15) is 6.54 Å². The number of nitrogens with zero attached hydrogens (tertiary/aromatic N) is 2. The molecule has 0 aromatic carbocycles. The molecule has 0 aromatic heterocycles. The van der Waals surface area contributed by atoms with Gasteiger partial charge in [-0.25, -0.2) is 4.79 Å². The van der Waals surface area contributed by atoms with E-state index in [2.05, 4.69) is 11.9 Å². The number of aliphatic carboxylic acids is 1. The van der Waals surface area contributed by atoms with Crippen molar-refractivity contribution < 1.29 is 14.7 Å². The van der Waals surface area contributed by atoms with Crippen molar-refractivity contribution in [1.82, 2.24) is 15.1 Å². The van der Waals surface area contributed by atoms with Crippen molar-refractivity contribution >= 4 is 12.0 Å². The van der Waals surface area contributed by atoms with Crippen LogP contribution in [0.5, 0.6) is 0 Å². The summed E-state index contributed by atoms with van der Waals surface area (Å²) in [5.74, 6) is -0.771. The summed E-state index contributed by atoms with van der Waals surface area (Å²) < 4.78 is 0. The van der Waals surface area contributed by atoms with E-state index in [0.717, 1.165) is 0 Å². The Morgan fingerprint density at radius 2 is 1.95 bits per heavy atom. The second-order valence-electron chi connectivity index (χ2n) is 5.13. The van der Waals surface area contributed by atoms with E-state index < -0.39 is 5.97 Å². The highest BCUT2D eigenvalue weighted by molar-refractivity contribution is 5.80. The second kappa shape index (κ2) is 8.53. The van der Waals surface area contributed by atoms with Crippen molar-refractivity contribution in [2.45, 2.75) is 19.9 Å². The maximum Gasteiger partial charge on any atom is 0.323 e. The molecule has 0 bridgehead atoms. The van der Waals surface area contributed by atoms with E-state index in [4.69, 9.17) is 5.11 Å². The smallest absolute Gasteiger partial charge is 0.323 e. The highest BCUT2D eigenvalue weighted by Gasteiger charge is 2.21. The molecule has 0 radical (unpaired) electrons. The number of nitrogens with one attached hydrogen (secondary N) is 1. The van der Waals surface area contributed by atoms with Gasteiger partial charge in [0.05, 0.1) is 0 Å². The molecule has 19 heavy (non-hydrogen) atoms. The lowest BCUT2D eigenvalue weighted by molar-refractivity contribution is -0.137. The highest BCUT2D eigenvalue weighted by Crippen LogP contribution is 2.04. The molecule has 0 aliphatic carbocycles. The van der Waals surface area contributed by atoms with Crippen molar-refractivity contribution in [1.29, 1.82) is 0 Å². The van der Waals surface area contributed by atoms with Crippen LogP contribution in [-0.2, 0) is 4.79 Å². The zero-order valence-electron chi connectivity index (χ0n) is 12.2. The predicted molar refractivity (Wildman–Crippen MR) is 75.1 cm³/mol. The van der Waals surface area contributed by atoms with Crippen molar-refractivity contribution in [3.8, 4) is 0 Å². The number of carboxylic acid groups (broad SMARTS) is 1. The van der Waals surface area contributed by atoms with Crippen molar-refractivity contribution in [2.75, 3.05) is 33.7 Å². The topological polar surface area (TPSA) is 72.9 Å². The van der Waals surface area contributed by atoms with Gasteiger partial charge >= 0.3 is 12.0 Å². The first-order chi connectivity index (χ1) is 8.77. The van der Waals surface area contributed by atoms with Gasteiger partial charge in [0, 0.05) is 19.1 Å². The Kier molecular flexibility index (Phi) is 7.83. The molecule has 0 heterocycles. The third-order valence-corrected chi connectivity index (χ3v) is 2.64. The Balaban J connectivity index is 4.64. The average Bonchev–Trinajstić information content (AvgIpc) is 2.26. The van der Waals surface area contributed by atoms with Crippen LogP contribution in [0.3, 0.4) is 0 Å². The van der Waals surface area contributed by atoms with Gasteiger partial charge in [0.2, 0.25) is 0 Å². The van der Waals surface area contributed by atoms with Crippen LogP contribution in [0.1, 0.15) is 13.8 Å². The minimum atomic E-state index is -1.04. The molecule has 2 N–H and O–H groups in total. The number of rotatable bonds is 8. The van der Waals surface area contributed by atoms with E-state index in [1.54, 1.807) is 0 Å². The van der Waals surface area contributed by atoms with Crippen LogP contribution in [0, 0.1) is 5.92 Å².